The second-order valence-electron chi connectivity index (χ2n) is 6.00. The quantitative estimate of drug-likeness (QED) is 0.454. The molecule has 3 rings (SSSR count). The second-order valence-corrected chi connectivity index (χ2v) is 8.31. The molecule has 1 aliphatic heterocycles. The van der Waals surface area contributed by atoms with Crippen LogP contribution in [0.25, 0.3) is 6.08 Å². The van der Waals surface area contributed by atoms with E-state index in [4.69, 9.17) is 16.3 Å². The van der Waals surface area contributed by atoms with E-state index in [2.05, 4.69) is 15.9 Å². The summed E-state index contributed by atoms with van der Waals surface area (Å²) in [6, 6.07) is 9.69. The first-order valence-electron chi connectivity index (χ1n) is 8.51. The largest absolute Gasteiger partial charge is 0.493 e. The predicted octanol–water partition coefficient (Wildman–Crippen LogP) is 6.27. The molecule has 28 heavy (non-hydrogen) atoms. The Morgan fingerprint density at radius 1 is 1.29 bits per heavy atom. The van der Waals surface area contributed by atoms with Gasteiger partial charge in [-0.05, 0) is 54.6 Å². The molecule has 146 valence electrons. The van der Waals surface area contributed by atoms with Crippen molar-refractivity contribution in [3.05, 3.63) is 67.7 Å². The predicted molar refractivity (Wildman–Crippen MR) is 113 cm³/mol. The van der Waals surface area contributed by atoms with Gasteiger partial charge in [0, 0.05) is 20.6 Å². The summed E-state index contributed by atoms with van der Waals surface area (Å²) < 4.78 is 20.6. The number of imide groups is 1. The highest BCUT2D eigenvalue weighted by Gasteiger charge is 2.36. The molecular formula is C20H16BrClFNO3S. The molecule has 2 aromatic carbocycles. The van der Waals surface area contributed by atoms with Crippen LogP contribution < -0.4 is 4.74 Å². The number of halogens is 3. The van der Waals surface area contributed by atoms with E-state index in [9.17, 15) is 14.0 Å². The molecule has 0 aromatic heterocycles. The third-order valence-corrected chi connectivity index (χ3v) is 5.73. The van der Waals surface area contributed by atoms with Crippen molar-refractivity contribution in [2.24, 2.45) is 0 Å². The molecule has 2 amide bonds. The summed E-state index contributed by atoms with van der Waals surface area (Å²) in [5.74, 6) is -0.428. The van der Waals surface area contributed by atoms with Crippen molar-refractivity contribution < 1.29 is 18.7 Å². The lowest BCUT2D eigenvalue weighted by molar-refractivity contribution is -0.123. The van der Waals surface area contributed by atoms with E-state index in [-0.39, 0.29) is 22.0 Å². The van der Waals surface area contributed by atoms with E-state index >= 15 is 0 Å². The highest BCUT2D eigenvalue weighted by atomic mass is 79.9. The summed E-state index contributed by atoms with van der Waals surface area (Å²) in [5.41, 5.74) is 0.791. The van der Waals surface area contributed by atoms with Gasteiger partial charge in [0.05, 0.1) is 18.1 Å². The number of thioether (sulfide) groups is 1. The monoisotopic (exact) mass is 483 g/mol. The van der Waals surface area contributed by atoms with Gasteiger partial charge in [0.15, 0.2) is 0 Å². The molecule has 4 nitrogen and oxygen atoms in total. The van der Waals surface area contributed by atoms with Crippen LogP contribution >= 0.6 is 39.3 Å². The molecule has 1 heterocycles. The molecule has 1 fully saturated rings. The maximum atomic E-state index is 14.0. The highest BCUT2D eigenvalue weighted by Crippen LogP contribution is 2.36. The van der Waals surface area contributed by atoms with E-state index in [0.717, 1.165) is 27.6 Å². The molecule has 8 heteroatoms. The zero-order chi connectivity index (χ0) is 20.3. The zero-order valence-electron chi connectivity index (χ0n) is 14.9. The van der Waals surface area contributed by atoms with Crippen molar-refractivity contribution >= 4 is 56.5 Å². The topological polar surface area (TPSA) is 46.6 Å². The van der Waals surface area contributed by atoms with Gasteiger partial charge in [-0.3, -0.25) is 14.5 Å². The highest BCUT2D eigenvalue weighted by molar-refractivity contribution is 9.10. The molecule has 0 radical (unpaired) electrons. The van der Waals surface area contributed by atoms with Crippen LogP contribution in [0.5, 0.6) is 5.75 Å². The molecule has 0 bridgehead atoms. The minimum absolute atomic E-state index is 0.113. The molecule has 0 atom stereocenters. The molecular weight excluding hydrogens is 469 g/mol. The summed E-state index contributed by atoms with van der Waals surface area (Å²) in [5, 5.41) is -0.299. The number of hydrogen-bond acceptors (Lipinski definition) is 4. The fraction of sp³-hybridized carbons (Fsp3) is 0.200. The van der Waals surface area contributed by atoms with Gasteiger partial charge >= 0.3 is 0 Å². The molecule has 0 spiro atoms. The van der Waals surface area contributed by atoms with Gasteiger partial charge in [0.1, 0.15) is 11.6 Å². The average molecular weight is 485 g/mol. The Labute approximate surface area is 179 Å². The third kappa shape index (κ3) is 4.59. The minimum Gasteiger partial charge on any atom is -0.493 e. The van der Waals surface area contributed by atoms with E-state index in [0.29, 0.717) is 17.9 Å². The van der Waals surface area contributed by atoms with Crippen LogP contribution in [0.1, 0.15) is 24.5 Å². The van der Waals surface area contributed by atoms with Crippen LogP contribution in [0, 0.1) is 5.82 Å². The molecule has 1 saturated heterocycles. The fourth-order valence-electron chi connectivity index (χ4n) is 2.59. The number of rotatable bonds is 6. The van der Waals surface area contributed by atoms with Gasteiger partial charge < -0.3 is 4.74 Å². The minimum atomic E-state index is -0.558. The SMILES string of the molecule is CCCOc1ccc(Br)cc1/C=C1\SC(=O)N(Cc2c(F)cccc2Cl)C1=O. The number of ether oxygens (including phenoxy) is 1. The summed E-state index contributed by atoms with van der Waals surface area (Å²) in [6.07, 6.45) is 2.46. The molecule has 2 aromatic rings. The van der Waals surface area contributed by atoms with Gasteiger partial charge in [-0.25, -0.2) is 4.39 Å². The van der Waals surface area contributed by atoms with Gasteiger partial charge in [-0.2, -0.15) is 0 Å². The third-order valence-electron chi connectivity index (χ3n) is 3.97. The second kappa shape index (κ2) is 9.11. The van der Waals surface area contributed by atoms with Crippen molar-refractivity contribution in [1.82, 2.24) is 4.90 Å². The van der Waals surface area contributed by atoms with E-state index in [1.165, 1.54) is 18.2 Å². The lowest BCUT2D eigenvalue weighted by Crippen LogP contribution is -2.28. The maximum absolute atomic E-state index is 14.0. The molecule has 1 aliphatic rings. The number of nitrogens with zero attached hydrogens (tertiary/aromatic N) is 1. The van der Waals surface area contributed by atoms with Crippen LogP contribution in [0.15, 0.2) is 45.8 Å². The van der Waals surface area contributed by atoms with Gasteiger partial charge in [0.2, 0.25) is 0 Å². The van der Waals surface area contributed by atoms with Crippen molar-refractivity contribution in [2.45, 2.75) is 19.9 Å². The fourth-order valence-corrected chi connectivity index (χ4v) is 4.03. The van der Waals surface area contributed by atoms with Crippen molar-refractivity contribution in [3.8, 4) is 5.75 Å². The maximum Gasteiger partial charge on any atom is 0.293 e. The van der Waals surface area contributed by atoms with Crippen molar-refractivity contribution in [1.29, 1.82) is 0 Å². The van der Waals surface area contributed by atoms with Crippen LogP contribution in [0.3, 0.4) is 0 Å². The Morgan fingerprint density at radius 2 is 2.07 bits per heavy atom. The smallest absolute Gasteiger partial charge is 0.293 e. The van der Waals surface area contributed by atoms with Crippen LogP contribution in [-0.4, -0.2) is 22.7 Å². The average Bonchev–Trinajstić information content (AvgIpc) is 2.91. The molecule has 0 aliphatic carbocycles. The standard InChI is InChI=1S/C20H16BrClFNO3S/c1-2-8-27-17-7-6-13(21)9-12(17)10-18-19(25)24(20(26)28-18)11-14-15(22)4-3-5-16(14)23/h3-7,9-10H,2,8,11H2,1H3/b18-10-. The molecule has 0 unspecified atom stereocenters. The van der Waals surface area contributed by atoms with Crippen molar-refractivity contribution in [3.63, 3.8) is 0 Å². The van der Waals surface area contributed by atoms with Gasteiger partial charge in [-0.1, -0.05) is 40.5 Å². The lowest BCUT2D eigenvalue weighted by atomic mass is 10.1. The first kappa shape index (κ1) is 20.9. The lowest BCUT2D eigenvalue weighted by Gasteiger charge is -2.14. The number of carbonyl (C=O) groups is 2. The van der Waals surface area contributed by atoms with Crippen molar-refractivity contribution in [2.75, 3.05) is 6.61 Å². The Kier molecular flexibility index (Phi) is 6.80. The Morgan fingerprint density at radius 3 is 2.79 bits per heavy atom. The Hall–Kier alpha value is -1.83. The number of benzene rings is 2. The molecule has 0 N–H and O–H groups in total. The van der Waals surface area contributed by atoms with E-state index < -0.39 is 17.0 Å². The molecule has 0 saturated carbocycles. The summed E-state index contributed by atoms with van der Waals surface area (Å²) >= 11 is 10.2. The van der Waals surface area contributed by atoms with Crippen LogP contribution in [0.4, 0.5) is 9.18 Å². The summed E-state index contributed by atoms with van der Waals surface area (Å²) in [7, 11) is 0. The first-order valence-corrected chi connectivity index (χ1v) is 10.5. The Balaban J connectivity index is 1.89. The van der Waals surface area contributed by atoms with Gasteiger partial charge in [0.25, 0.3) is 11.1 Å². The normalized spacial score (nSPS) is 15.6. The van der Waals surface area contributed by atoms with Crippen LogP contribution in [-0.2, 0) is 11.3 Å². The zero-order valence-corrected chi connectivity index (χ0v) is 18.0. The first-order chi connectivity index (χ1) is 13.4. The number of carbonyl (C=O) groups excluding carboxylic acids is 2. The van der Waals surface area contributed by atoms with Gasteiger partial charge in [-0.15, -0.1) is 0 Å². The number of hydrogen-bond donors (Lipinski definition) is 0. The van der Waals surface area contributed by atoms with E-state index in [1.807, 2.05) is 19.1 Å². The summed E-state index contributed by atoms with van der Waals surface area (Å²) in [4.78, 5) is 26.4. The Bertz CT molecular complexity index is 946. The summed E-state index contributed by atoms with van der Waals surface area (Å²) in [6.45, 7) is 2.32. The van der Waals surface area contributed by atoms with Crippen LogP contribution in [0.2, 0.25) is 5.02 Å². The van der Waals surface area contributed by atoms with E-state index in [1.54, 1.807) is 12.1 Å². The number of amides is 2.